The molecule has 0 aliphatic carbocycles. The van der Waals surface area contributed by atoms with Gasteiger partial charge < -0.3 is 4.74 Å². The van der Waals surface area contributed by atoms with Gasteiger partial charge in [-0.1, -0.05) is 13.8 Å². The molecule has 9 heteroatoms. The van der Waals surface area contributed by atoms with Crippen LogP contribution in [0, 0.1) is 20.2 Å². The molecule has 0 spiro atoms. The van der Waals surface area contributed by atoms with Gasteiger partial charge >= 0.3 is 6.09 Å². The molecule has 0 radical (unpaired) electrons. The smallest absolute Gasteiger partial charge is 0.410 e. The van der Waals surface area contributed by atoms with E-state index in [1.54, 1.807) is 6.07 Å². The molecular weight excluding hydrogens is 366 g/mol. The van der Waals surface area contributed by atoms with Crippen molar-refractivity contribution in [2.24, 2.45) is 0 Å². The van der Waals surface area contributed by atoms with Crippen LogP contribution in [0.15, 0.2) is 42.5 Å². The van der Waals surface area contributed by atoms with Gasteiger partial charge in [-0.15, -0.1) is 0 Å². The number of fused-ring (bicyclic) bond motifs is 1. The Labute approximate surface area is 160 Å². The number of hydrogen-bond donors (Lipinski definition) is 0. The Morgan fingerprint density at radius 2 is 1.64 bits per heavy atom. The third kappa shape index (κ3) is 3.78. The summed E-state index contributed by atoms with van der Waals surface area (Å²) in [6, 6.07) is 9.67. The number of hydrogen-bond acceptors (Lipinski definition) is 6. The molecule has 1 amide bonds. The SMILES string of the molecule is CC1(C)CCCN(C(=O)Oc2ccc([N+](=O)[O-])cc2)c2cc([N+](=O)[O-])ccc21. The van der Waals surface area contributed by atoms with E-state index in [0.717, 1.165) is 12.0 Å². The largest absolute Gasteiger partial charge is 0.419 e. The Balaban J connectivity index is 1.94. The summed E-state index contributed by atoms with van der Waals surface area (Å²) in [4.78, 5) is 35.1. The first-order valence-corrected chi connectivity index (χ1v) is 8.72. The third-order valence-electron chi connectivity index (χ3n) is 4.87. The Kier molecular flexibility index (Phi) is 5.00. The molecule has 2 aromatic rings. The highest BCUT2D eigenvalue weighted by Crippen LogP contribution is 2.40. The van der Waals surface area contributed by atoms with Crippen molar-refractivity contribution in [2.45, 2.75) is 32.1 Å². The predicted molar refractivity (Wildman–Crippen MR) is 102 cm³/mol. The molecule has 1 aliphatic heterocycles. The van der Waals surface area contributed by atoms with Crippen LogP contribution in [0.25, 0.3) is 0 Å². The lowest BCUT2D eigenvalue weighted by Crippen LogP contribution is -2.34. The van der Waals surface area contributed by atoms with Crippen LogP contribution < -0.4 is 9.64 Å². The number of nitrogens with zero attached hydrogens (tertiary/aromatic N) is 3. The number of ether oxygens (including phenoxy) is 1. The third-order valence-corrected chi connectivity index (χ3v) is 4.87. The van der Waals surface area contributed by atoms with Crippen molar-refractivity contribution in [3.8, 4) is 5.75 Å². The number of benzene rings is 2. The lowest BCUT2D eigenvalue weighted by molar-refractivity contribution is -0.385. The zero-order chi connectivity index (χ0) is 20.5. The van der Waals surface area contributed by atoms with Crippen molar-refractivity contribution in [3.05, 3.63) is 68.3 Å². The van der Waals surface area contributed by atoms with E-state index in [9.17, 15) is 25.0 Å². The van der Waals surface area contributed by atoms with E-state index >= 15 is 0 Å². The van der Waals surface area contributed by atoms with Crippen molar-refractivity contribution < 1.29 is 19.4 Å². The molecule has 0 fully saturated rings. The van der Waals surface area contributed by atoms with Gasteiger partial charge in [-0.25, -0.2) is 4.79 Å². The lowest BCUT2D eigenvalue weighted by atomic mass is 9.80. The van der Waals surface area contributed by atoms with E-state index in [1.807, 2.05) is 13.8 Å². The van der Waals surface area contributed by atoms with Crippen molar-refractivity contribution in [1.82, 2.24) is 0 Å². The van der Waals surface area contributed by atoms with Crippen LogP contribution in [-0.2, 0) is 5.41 Å². The van der Waals surface area contributed by atoms with Gasteiger partial charge in [-0.2, -0.15) is 0 Å². The van der Waals surface area contributed by atoms with Gasteiger partial charge in [0.05, 0.1) is 15.5 Å². The maximum absolute atomic E-state index is 12.8. The van der Waals surface area contributed by atoms with Gasteiger partial charge in [0.25, 0.3) is 11.4 Å². The lowest BCUT2D eigenvalue weighted by Gasteiger charge is -2.27. The molecule has 0 N–H and O–H groups in total. The van der Waals surface area contributed by atoms with Crippen LogP contribution in [0.2, 0.25) is 0 Å². The molecular formula is C19H19N3O6. The molecule has 0 saturated carbocycles. The summed E-state index contributed by atoms with van der Waals surface area (Å²) in [6.07, 6.45) is 0.817. The van der Waals surface area contributed by atoms with Gasteiger partial charge in [-0.05, 0) is 42.0 Å². The molecule has 146 valence electrons. The van der Waals surface area contributed by atoms with Crippen molar-refractivity contribution >= 4 is 23.2 Å². The molecule has 0 saturated heterocycles. The summed E-state index contributed by atoms with van der Waals surface area (Å²) in [7, 11) is 0. The number of rotatable bonds is 3. The summed E-state index contributed by atoms with van der Waals surface area (Å²) in [6.45, 7) is 4.41. The monoisotopic (exact) mass is 385 g/mol. The Bertz CT molecular complexity index is 939. The molecule has 3 rings (SSSR count). The van der Waals surface area contributed by atoms with Crippen LogP contribution in [0.4, 0.5) is 21.9 Å². The first-order chi connectivity index (χ1) is 13.2. The minimum absolute atomic E-state index is 0.107. The minimum Gasteiger partial charge on any atom is -0.410 e. The highest BCUT2D eigenvalue weighted by atomic mass is 16.6. The van der Waals surface area contributed by atoms with Gasteiger partial charge in [0, 0.05) is 30.8 Å². The average molecular weight is 385 g/mol. The average Bonchev–Trinajstić information content (AvgIpc) is 2.77. The number of nitro groups is 2. The second kappa shape index (κ2) is 7.26. The van der Waals surface area contributed by atoms with E-state index in [4.69, 9.17) is 4.74 Å². The second-order valence-electron chi connectivity index (χ2n) is 7.22. The van der Waals surface area contributed by atoms with Crippen LogP contribution in [0.5, 0.6) is 5.75 Å². The zero-order valence-electron chi connectivity index (χ0n) is 15.5. The molecule has 1 heterocycles. The summed E-state index contributed by atoms with van der Waals surface area (Å²) in [5.74, 6) is 0.158. The van der Waals surface area contributed by atoms with Gasteiger partial charge in [-0.3, -0.25) is 25.1 Å². The molecule has 28 heavy (non-hydrogen) atoms. The fourth-order valence-corrected chi connectivity index (χ4v) is 3.34. The molecule has 2 aromatic carbocycles. The number of carbonyl (C=O) groups is 1. The van der Waals surface area contributed by atoms with E-state index < -0.39 is 15.9 Å². The van der Waals surface area contributed by atoms with E-state index in [0.29, 0.717) is 18.7 Å². The summed E-state index contributed by atoms with van der Waals surface area (Å²) >= 11 is 0. The summed E-state index contributed by atoms with van der Waals surface area (Å²) in [5.41, 5.74) is 0.800. The Hall–Kier alpha value is -3.49. The van der Waals surface area contributed by atoms with Crippen LogP contribution >= 0.6 is 0 Å². The molecule has 0 bridgehead atoms. The first kappa shape index (κ1) is 19.3. The first-order valence-electron chi connectivity index (χ1n) is 8.72. The quantitative estimate of drug-likeness (QED) is 0.564. The highest BCUT2D eigenvalue weighted by Gasteiger charge is 2.33. The molecule has 0 atom stereocenters. The standard InChI is InChI=1S/C19H19N3O6/c1-19(2)10-3-11-20(17-12-14(22(26)27)6-9-16(17)19)18(23)28-15-7-4-13(5-8-15)21(24)25/h4-9,12H,3,10-11H2,1-2H3. The number of anilines is 1. The van der Waals surface area contributed by atoms with Crippen molar-refractivity contribution in [2.75, 3.05) is 11.4 Å². The normalized spacial score (nSPS) is 15.3. The second-order valence-corrected chi connectivity index (χ2v) is 7.22. The molecule has 9 nitrogen and oxygen atoms in total. The predicted octanol–water partition coefficient (Wildman–Crippen LogP) is 4.58. The fraction of sp³-hybridized carbons (Fsp3) is 0.316. The van der Waals surface area contributed by atoms with Crippen molar-refractivity contribution in [1.29, 1.82) is 0 Å². The number of amides is 1. The maximum atomic E-state index is 12.8. The highest BCUT2D eigenvalue weighted by molar-refractivity contribution is 5.91. The summed E-state index contributed by atoms with van der Waals surface area (Å²) in [5, 5.41) is 21.9. The number of nitro benzene ring substituents is 2. The van der Waals surface area contributed by atoms with Gasteiger partial charge in [0.1, 0.15) is 5.75 Å². The maximum Gasteiger partial charge on any atom is 0.419 e. The zero-order valence-corrected chi connectivity index (χ0v) is 15.5. The van der Waals surface area contributed by atoms with Crippen LogP contribution in [0.1, 0.15) is 32.3 Å². The van der Waals surface area contributed by atoms with E-state index in [-0.39, 0.29) is 22.5 Å². The minimum atomic E-state index is -0.687. The van der Waals surface area contributed by atoms with E-state index in [1.165, 1.54) is 41.3 Å². The number of non-ortho nitro benzene ring substituents is 2. The molecule has 0 aromatic heterocycles. The van der Waals surface area contributed by atoms with Crippen molar-refractivity contribution in [3.63, 3.8) is 0 Å². The topological polar surface area (TPSA) is 116 Å². The summed E-state index contributed by atoms with van der Waals surface area (Å²) < 4.78 is 5.36. The number of carbonyl (C=O) groups excluding carboxylic acids is 1. The Morgan fingerprint density at radius 3 is 2.25 bits per heavy atom. The molecule has 0 unspecified atom stereocenters. The van der Waals surface area contributed by atoms with Crippen LogP contribution in [-0.4, -0.2) is 22.5 Å². The fourth-order valence-electron chi connectivity index (χ4n) is 3.34. The van der Waals surface area contributed by atoms with Crippen LogP contribution in [0.3, 0.4) is 0 Å². The molecule has 1 aliphatic rings. The van der Waals surface area contributed by atoms with Gasteiger partial charge in [0.15, 0.2) is 0 Å². The van der Waals surface area contributed by atoms with Gasteiger partial charge in [0.2, 0.25) is 0 Å². The van der Waals surface area contributed by atoms with E-state index in [2.05, 4.69) is 0 Å². The Morgan fingerprint density at radius 1 is 1.04 bits per heavy atom.